The van der Waals surface area contributed by atoms with Crippen LogP contribution >= 0.6 is 15.9 Å². The van der Waals surface area contributed by atoms with E-state index in [-0.39, 0.29) is 0 Å². The van der Waals surface area contributed by atoms with Gasteiger partial charge in [0.1, 0.15) is 5.75 Å². The van der Waals surface area contributed by atoms with Crippen LogP contribution in [0.4, 0.5) is 0 Å². The summed E-state index contributed by atoms with van der Waals surface area (Å²) in [4.78, 5) is 5.07. The van der Waals surface area contributed by atoms with Gasteiger partial charge in [-0.25, -0.2) is 0 Å². The van der Waals surface area contributed by atoms with Crippen LogP contribution in [0.3, 0.4) is 0 Å². The van der Waals surface area contributed by atoms with Crippen molar-refractivity contribution in [3.05, 3.63) is 23.0 Å². The average molecular weight is 300 g/mol. The summed E-state index contributed by atoms with van der Waals surface area (Å²) in [6, 6.07) is 0. The Morgan fingerprint density at radius 2 is 2.00 bits per heavy atom. The Bertz CT molecular complexity index is 377. The zero-order valence-corrected chi connectivity index (χ0v) is 13.0. The molecule has 0 aliphatic carbocycles. The van der Waals surface area contributed by atoms with Gasteiger partial charge in [0.2, 0.25) is 0 Å². The third kappa shape index (κ3) is 3.70. The number of aryl methyl sites for hydroxylation is 2. The molecule has 1 aromatic rings. The highest BCUT2D eigenvalue weighted by Crippen LogP contribution is 2.26. The van der Waals surface area contributed by atoms with Crippen molar-refractivity contribution >= 4 is 15.9 Å². The van der Waals surface area contributed by atoms with Crippen LogP contribution in [0, 0.1) is 19.8 Å². The van der Waals surface area contributed by atoms with E-state index in [1.54, 1.807) is 7.11 Å². The molecule has 1 rings (SSSR count). The van der Waals surface area contributed by atoms with E-state index < -0.39 is 0 Å². The van der Waals surface area contributed by atoms with Gasteiger partial charge in [0.15, 0.2) is 0 Å². The molecule has 0 bridgehead atoms. The largest absolute Gasteiger partial charge is 0.496 e. The molecule has 1 heterocycles. The number of pyridine rings is 1. The fourth-order valence-corrected chi connectivity index (χ4v) is 2.16. The molecule has 1 unspecified atom stereocenters. The number of alkyl halides is 1. The van der Waals surface area contributed by atoms with Crippen molar-refractivity contribution < 1.29 is 4.74 Å². The molecule has 0 radical (unpaired) electrons. The predicted octanol–water partition coefficient (Wildman–Crippen LogP) is 4.06. The molecule has 2 nitrogen and oxygen atoms in total. The van der Waals surface area contributed by atoms with Crippen molar-refractivity contribution in [3.63, 3.8) is 0 Å². The minimum absolute atomic E-state index is 0.552. The van der Waals surface area contributed by atoms with Gasteiger partial charge in [-0.3, -0.25) is 4.98 Å². The molecule has 0 aliphatic rings. The predicted molar refractivity (Wildman–Crippen MR) is 76.1 cm³/mol. The third-order valence-electron chi connectivity index (χ3n) is 3.13. The quantitative estimate of drug-likeness (QED) is 0.765. The summed E-state index contributed by atoms with van der Waals surface area (Å²) < 4.78 is 5.42. The number of aromatic nitrogens is 1. The van der Waals surface area contributed by atoms with Crippen LogP contribution in [0.15, 0.2) is 6.20 Å². The first kappa shape index (κ1) is 14.5. The van der Waals surface area contributed by atoms with Gasteiger partial charge in [-0.2, -0.15) is 0 Å². The van der Waals surface area contributed by atoms with Gasteiger partial charge in [0.25, 0.3) is 0 Å². The molecule has 0 amide bonds. The molecule has 17 heavy (non-hydrogen) atoms. The van der Waals surface area contributed by atoms with Crippen LogP contribution in [0.5, 0.6) is 5.75 Å². The SMILES string of the molecule is COc1c(C)cnc(CCC(Br)C(C)C)c1C. The monoisotopic (exact) mass is 299 g/mol. The molecular weight excluding hydrogens is 278 g/mol. The van der Waals surface area contributed by atoms with Crippen molar-refractivity contribution in [2.45, 2.75) is 45.4 Å². The highest BCUT2D eigenvalue weighted by atomic mass is 79.9. The van der Waals surface area contributed by atoms with Crippen molar-refractivity contribution in [1.82, 2.24) is 4.98 Å². The van der Waals surface area contributed by atoms with E-state index in [9.17, 15) is 0 Å². The second kappa shape index (κ2) is 6.39. The highest BCUT2D eigenvalue weighted by Gasteiger charge is 2.13. The van der Waals surface area contributed by atoms with E-state index in [2.05, 4.69) is 41.7 Å². The van der Waals surface area contributed by atoms with Crippen LogP contribution in [0.25, 0.3) is 0 Å². The third-order valence-corrected chi connectivity index (χ3v) is 4.65. The van der Waals surface area contributed by atoms with E-state index in [0.717, 1.165) is 29.8 Å². The summed E-state index contributed by atoms with van der Waals surface area (Å²) in [5.74, 6) is 1.63. The summed E-state index contributed by atoms with van der Waals surface area (Å²) >= 11 is 3.72. The Labute approximate surface area is 113 Å². The summed E-state index contributed by atoms with van der Waals surface area (Å²) in [6.45, 7) is 8.58. The van der Waals surface area contributed by atoms with E-state index in [0.29, 0.717) is 10.7 Å². The van der Waals surface area contributed by atoms with Gasteiger partial charge in [0.05, 0.1) is 7.11 Å². The second-order valence-electron chi connectivity index (χ2n) is 4.84. The maximum Gasteiger partial charge on any atom is 0.128 e. The number of nitrogens with zero attached hydrogens (tertiary/aromatic N) is 1. The number of hydrogen-bond acceptors (Lipinski definition) is 2. The van der Waals surface area contributed by atoms with Crippen LogP contribution in [-0.2, 0) is 6.42 Å². The first-order chi connectivity index (χ1) is 7.97. The van der Waals surface area contributed by atoms with Gasteiger partial charge < -0.3 is 4.74 Å². The van der Waals surface area contributed by atoms with Crippen LogP contribution < -0.4 is 4.74 Å². The molecule has 0 fully saturated rings. The Kier molecular flexibility index (Phi) is 5.44. The molecule has 1 aromatic heterocycles. The summed E-state index contributed by atoms with van der Waals surface area (Å²) in [5.41, 5.74) is 3.43. The summed E-state index contributed by atoms with van der Waals surface area (Å²) in [5, 5.41) is 0. The Morgan fingerprint density at radius 3 is 2.53 bits per heavy atom. The standard InChI is InChI=1S/C14H22BrNO/c1-9(2)12(15)6-7-13-11(4)14(17-5)10(3)8-16-13/h8-9,12H,6-7H2,1-5H3. The minimum atomic E-state index is 0.552. The molecule has 96 valence electrons. The molecule has 1 atom stereocenters. The molecule has 3 heteroatoms. The van der Waals surface area contributed by atoms with Gasteiger partial charge in [-0.1, -0.05) is 29.8 Å². The van der Waals surface area contributed by atoms with Crippen LogP contribution in [0.1, 0.15) is 37.1 Å². The molecule has 0 spiro atoms. The fraction of sp³-hybridized carbons (Fsp3) is 0.643. The number of halogens is 1. The van der Waals surface area contributed by atoms with E-state index in [4.69, 9.17) is 4.74 Å². The van der Waals surface area contributed by atoms with E-state index >= 15 is 0 Å². The Hall–Kier alpha value is -0.570. The van der Waals surface area contributed by atoms with E-state index in [1.165, 1.54) is 5.56 Å². The van der Waals surface area contributed by atoms with Gasteiger partial charge in [-0.05, 0) is 32.6 Å². The average Bonchev–Trinajstić information content (AvgIpc) is 2.28. The maximum atomic E-state index is 5.42. The molecule has 0 N–H and O–H groups in total. The Balaban J connectivity index is 2.79. The van der Waals surface area contributed by atoms with Crippen LogP contribution in [0.2, 0.25) is 0 Å². The fourth-order valence-electron chi connectivity index (χ4n) is 1.93. The van der Waals surface area contributed by atoms with Crippen molar-refractivity contribution in [1.29, 1.82) is 0 Å². The molecular formula is C14H22BrNO. The minimum Gasteiger partial charge on any atom is -0.496 e. The first-order valence-corrected chi connectivity index (χ1v) is 7.02. The number of methoxy groups -OCH3 is 1. The van der Waals surface area contributed by atoms with Crippen LogP contribution in [-0.4, -0.2) is 16.9 Å². The Morgan fingerprint density at radius 1 is 1.35 bits per heavy atom. The highest BCUT2D eigenvalue weighted by molar-refractivity contribution is 9.09. The summed E-state index contributed by atoms with van der Waals surface area (Å²) in [7, 11) is 1.72. The van der Waals surface area contributed by atoms with E-state index in [1.807, 2.05) is 13.1 Å². The maximum absolute atomic E-state index is 5.42. The van der Waals surface area contributed by atoms with Crippen molar-refractivity contribution in [3.8, 4) is 5.75 Å². The lowest BCUT2D eigenvalue weighted by atomic mass is 10.0. The first-order valence-electron chi connectivity index (χ1n) is 6.10. The summed E-state index contributed by atoms with van der Waals surface area (Å²) in [6.07, 6.45) is 4.01. The number of ether oxygens (including phenoxy) is 1. The lowest BCUT2D eigenvalue weighted by molar-refractivity contribution is 0.406. The van der Waals surface area contributed by atoms with Gasteiger partial charge in [0, 0.05) is 27.8 Å². The molecule has 0 saturated carbocycles. The zero-order valence-electron chi connectivity index (χ0n) is 11.4. The van der Waals surface area contributed by atoms with Crippen molar-refractivity contribution in [2.24, 2.45) is 5.92 Å². The number of hydrogen-bond donors (Lipinski definition) is 0. The lowest BCUT2D eigenvalue weighted by Gasteiger charge is -2.15. The molecule has 0 saturated heterocycles. The normalized spacial score (nSPS) is 12.9. The smallest absolute Gasteiger partial charge is 0.128 e. The van der Waals surface area contributed by atoms with Crippen molar-refractivity contribution in [2.75, 3.05) is 7.11 Å². The van der Waals surface area contributed by atoms with Gasteiger partial charge in [-0.15, -0.1) is 0 Å². The second-order valence-corrected chi connectivity index (χ2v) is 6.02. The topological polar surface area (TPSA) is 22.1 Å². The number of rotatable bonds is 5. The zero-order chi connectivity index (χ0) is 13.0. The lowest BCUT2D eigenvalue weighted by Crippen LogP contribution is -2.10. The van der Waals surface area contributed by atoms with Gasteiger partial charge >= 0.3 is 0 Å². The molecule has 0 aromatic carbocycles. The molecule has 0 aliphatic heterocycles.